The van der Waals surface area contributed by atoms with E-state index in [1.807, 2.05) is 61.5 Å². The predicted octanol–water partition coefficient (Wildman–Crippen LogP) is 5.91. The molecule has 0 saturated heterocycles. The second-order valence-corrected chi connectivity index (χ2v) is 5.99. The topological polar surface area (TPSA) is 35.0 Å². The fourth-order valence-electron chi connectivity index (χ4n) is 2.87. The van der Waals surface area contributed by atoms with Gasteiger partial charge in [-0.3, -0.25) is 0 Å². The first-order valence-corrected chi connectivity index (χ1v) is 8.52. The molecule has 2 aromatic carbocycles. The Labute approximate surface area is 153 Å². The summed E-state index contributed by atoms with van der Waals surface area (Å²) < 4.78 is 6.01. The Kier molecular flexibility index (Phi) is 4.44. The van der Waals surface area contributed by atoms with Crippen molar-refractivity contribution in [1.29, 1.82) is 0 Å². The molecule has 0 aliphatic rings. The van der Waals surface area contributed by atoms with Crippen LogP contribution in [0.1, 0.15) is 5.56 Å². The number of benzene rings is 2. The summed E-state index contributed by atoms with van der Waals surface area (Å²) >= 11 is 0. The van der Waals surface area contributed by atoms with Crippen molar-refractivity contribution in [2.24, 2.45) is 0 Å². The van der Waals surface area contributed by atoms with Crippen LogP contribution in [0.15, 0.2) is 91.1 Å². The molecular weight excluding hydrogens is 320 g/mol. The second-order valence-electron chi connectivity index (χ2n) is 5.99. The lowest BCUT2D eigenvalue weighted by atomic mass is 9.99. The van der Waals surface area contributed by atoms with E-state index in [-0.39, 0.29) is 0 Å². The second kappa shape index (κ2) is 7.19. The molecule has 0 amide bonds. The highest BCUT2D eigenvalue weighted by Gasteiger charge is 2.14. The lowest BCUT2D eigenvalue weighted by Crippen LogP contribution is -1.97. The van der Waals surface area contributed by atoms with Gasteiger partial charge in [0.25, 0.3) is 0 Å². The van der Waals surface area contributed by atoms with E-state index in [1.165, 1.54) is 0 Å². The van der Waals surface area contributed by atoms with Crippen molar-refractivity contribution >= 4 is 0 Å². The molecule has 126 valence electrons. The van der Waals surface area contributed by atoms with Crippen LogP contribution in [-0.2, 0) is 0 Å². The van der Waals surface area contributed by atoms with Crippen LogP contribution in [0.25, 0.3) is 22.4 Å². The van der Waals surface area contributed by atoms with Crippen LogP contribution in [0.5, 0.6) is 11.8 Å². The molecule has 0 atom stereocenters. The van der Waals surface area contributed by atoms with E-state index in [0.717, 1.165) is 27.9 Å². The monoisotopic (exact) mass is 338 g/mol. The molecule has 0 aliphatic heterocycles. The van der Waals surface area contributed by atoms with Gasteiger partial charge in [-0.25, -0.2) is 9.97 Å². The predicted molar refractivity (Wildman–Crippen MR) is 104 cm³/mol. The number of aromatic nitrogens is 2. The molecular formula is C23H18N2O. The van der Waals surface area contributed by atoms with Crippen molar-refractivity contribution in [2.75, 3.05) is 0 Å². The summed E-state index contributed by atoms with van der Waals surface area (Å²) in [6.07, 6.45) is 1.71. The van der Waals surface area contributed by atoms with Gasteiger partial charge in [0.2, 0.25) is 11.8 Å². The maximum atomic E-state index is 6.01. The van der Waals surface area contributed by atoms with Gasteiger partial charge in [0, 0.05) is 23.4 Å². The zero-order valence-electron chi connectivity index (χ0n) is 14.5. The minimum atomic E-state index is 0.535. The first-order chi connectivity index (χ1) is 12.8. The fraction of sp³-hybridized carbons (Fsp3) is 0.0435. The Morgan fingerprint density at radius 1 is 0.731 bits per heavy atom. The molecule has 2 aromatic heterocycles. The van der Waals surface area contributed by atoms with Gasteiger partial charge >= 0.3 is 0 Å². The van der Waals surface area contributed by atoms with Crippen LogP contribution in [0.2, 0.25) is 0 Å². The van der Waals surface area contributed by atoms with E-state index in [1.54, 1.807) is 6.20 Å². The quantitative estimate of drug-likeness (QED) is 0.464. The van der Waals surface area contributed by atoms with Crippen LogP contribution >= 0.6 is 0 Å². The fourth-order valence-corrected chi connectivity index (χ4v) is 2.87. The molecule has 0 radical (unpaired) electrons. The number of hydrogen-bond acceptors (Lipinski definition) is 3. The van der Waals surface area contributed by atoms with Crippen molar-refractivity contribution < 1.29 is 4.74 Å². The standard InChI is InChI=1S/C23H18N2O/c1-17-20(18-10-4-2-5-11-18)16-21(19-12-6-3-7-13-19)25-23(17)26-22-14-8-9-15-24-22/h2-16H,1H3. The zero-order chi connectivity index (χ0) is 17.8. The summed E-state index contributed by atoms with van der Waals surface area (Å²) in [7, 11) is 0. The molecule has 0 fully saturated rings. The van der Waals surface area contributed by atoms with E-state index in [4.69, 9.17) is 9.72 Å². The smallest absolute Gasteiger partial charge is 0.225 e. The highest BCUT2D eigenvalue weighted by Crippen LogP contribution is 2.34. The molecule has 0 bridgehead atoms. The average Bonchev–Trinajstić information content (AvgIpc) is 2.71. The summed E-state index contributed by atoms with van der Waals surface area (Å²) in [6, 6.07) is 28.1. The average molecular weight is 338 g/mol. The summed E-state index contributed by atoms with van der Waals surface area (Å²) in [6.45, 7) is 2.03. The molecule has 3 nitrogen and oxygen atoms in total. The third-order valence-corrected chi connectivity index (χ3v) is 4.22. The molecule has 0 N–H and O–H groups in total. The van der Waals surface area contributed by atoms with Gasteiger partial charge in [0.05, 0.1) is 5.69 Å². The van der Waals surface area contributed by atoms with E-state index in [2.05, 4.69) is 35.3 Å². The van der Waals surface area contributed by atoms with Gasteiger partial charge < -0.3 is 4.74 Å². The molecule has 26 heavy (non-hydrogen) atoms. The van der Waals surface area contributed by atoms with Crippen LogP contribution in [0.4, 0.5) is 0 Å². The van der Waals surface area contributed by atoms with Crippen molar-refractivity contribution in [1.82, 2.24) is 9.97 Å². The zero-order valence-corrected chi connectivity index (χ0v) is 14.5. The Morgan fingerprint density at radius 2 is 1.38 bits per heavy atom. The van der Waals surface area contributed by atoms with Crippen LogP contribution in [0, 0.1) is 6.92 Å². The van der Waals surface area contributed by atoms with Crippen LogP contribution < -0.4 is 4.74 Å². The van der Waals surface area contributed by atoms with E-state index in [0.29, 0.717) is 11.8 Å². The summed E-state index contributed by atoms with van der Waals surface area (Å²) in [4.78, 5) is 9.02. The number of hydrogen-bond donors (Lipinski definition) is 0. The van der Waals surface area contributed by atoms with Gasteiger partial charge in [-0.05, 0) is 30.2 Å². The molecule has 0 unspecified atom stereocenters. The van der Waals surface area contributed by atoms with Gasteiger partial charge in [0.15, 0.2) is 0 Å². The highest BCUT2D eigenvalue weighted by atomic mass is 16.5. The van der Waals surface area contributed by atoms with Gasteiger partial charge in [0.1, 0.15) is 0 Å². The number of rotatable bonds is 4. The summed E-state index contributed by atoms with van der Waals surface area (Å²) in [5.41, 5.74) is 5.15. The molecule has 2 heterocycles. The minimum absolute atomic E-state index is 0.535. The summed E-state index contributed by atoms with van der Waals surface area (Å²) in [5.74, 6) is 1.11. The number of pyridine rings is 2. The Bertz CT molecular complexity index is 1000. The lowest BCUT2D eigenvalue weighted by molar-refractivity contribution is 0.442. The van der Waals surface area contributed by atoms with Gasteiger partial charge in [-0.15, -0.1) is 0 Å². The number of nitrogens with zero attached hydrogens (tertiary/aromatic N) is 2. The Balaban J connectivity index is 1.87. The van der Waals surface area contributed by atoms with E-state index in [9.17, 15) is 0 Å². The van der Waals surface area contributed by atoms with Gasteiger partial charge in [-0.2, -0.15) is 0 Å². The largest absolute Gasteiger partial charge is 0.420 e. The third kappa shape index (κ3) is 3.33. The van der Waals surface area contributed by atoms with Crippen molar-refractivity contribution in [3.05, 3.63) is 96.7 Å². The van der Waals surface area contributed by atoms with Crippen molar-refractivity contribution in [3.63, 3.8) is 0 Å². The molecule has 0 aliphatic carbocycles. The SMILES string of the molecule is Cc1c(-c2ccccc2)cc(-c2ccccc2)nc1Oc1ccccn1. The van der Waals surface area contributed by atoms with E-state index < -0.39 is 0 Å². The first-order valence-electron chi connectivity index (χ1n) is 8.52. The maximum Gasteiger partial charge on any atom is 0.225 e. The number of ether oxygens (including phenoxy) is 1. The minimum Gasteiger partial charge on any atom is -0.420 e. The van der Waals surface area contributed by atoms with Crippen LogP contribution in [0.3, 0.4) is 0 Å². The molecule has 4 aromatic rings. The third-order valence-electron chi connectivity index (χ3n) is 4.22. The van der Waals surface area contributed by atoms with Crippen LogP contribution in [-0.4, -0.2) is 9.97 Å². The molecule has 0 spiro atoms. The Hall–Kier alpha value is -3.46. The molecule has 3 heteroatoms. The lowest BCUT2D eigenvalue weighted by Gasteiger charge is -2.14. The Morgan fingerprint density at radius 3 is 2.04 bits per heavy atom. The van der Waals surface area contributed by atoms with Gasteiger partial charge in [-0.1, -0.05) is 66.7 Å². The normalized spacial score (nSPS) is 10.5. The van der Waals surface area contributed by atoms with Crippen molar-refractivity contribution in [3.8, 4) is 34.1 Å². The van der Waals surface area contributed by atoms with E-state index >= 15 is 0 Å². The maximum absolute atomic E-state index is 6.01. The highest BCUT2D eigenvalue weighted by molar-refractivity contribution is 5.75. The van der Waals surface area contributed by atoms with Crippen molar-refractivity contribution in [2.45, 2.75) is 6.92 Å². The first kappa shape index (κ1) is 16.0. The molecule has 0 saturated carbocycles. The molecule has 4 rings (SSSR count). The summed E-state index contributed by atoms with van der Waals surface area (Å²) in [5, 5.41) is 0.